The van der Waals surface area contributed by atoms with Crippen LogP contribution in [0.2, 0.25) is 10.0 Å². The Morgan fingerprint density at radius 2 is 1.79 bits per heavy atom. The number of benzene rings is 3. The number of hydrogen-bond acceptors (Lipinski definition) is 3. The second-order valence-electron chi connectivity index (χ2n) is 7.28. The lowest BCUT2D eigenvalue weighted by Crippen LogP contribution is -2.19. The highest BCUT2D eigenvalue weighted by Crippen LogP contribution is 2.43. The highest BCUT2D eigenvalue weighted by Gasteiger charge is 2.29. The molecule has 1 aromatic heterocycles. The molecular weight excluding hydrogens is 492 g/mol. The van der Waals surface area contributed by atoms with Crippen molar-refractivity contribution in [2.45, 2.75) is 24.4 Å². The first-order chi connectivity index (χ1) is 15.7. The Balaban J connectivity index is 1.68. The number of H-pyrrole nitrogens is 1. The molecular formula is C24H19Cl2F3N2OS. The summed E-state index contributed by atoms with van der Waals surface area (Å²) in [5.41, 5.74) is 2.98. The third kappa shape index (κ3) is 5.60. The fraction of sp³-hybridized carbons (Fsp3) is 0.208. The van der Waals surface area contributed by atoms with Crippen LogP contribution in [0.4, 0.5) is 13.2 Å². The summed E-state index contributed by atoms with van der Waals surface area (Å²) < 4.78 is 43.1. The van der Waals surface area contributed by atoms with Crippen LogP contribution in [-0.2, 0) is 6.42 Å². The van der Waals surface area contributed by atoms with Crippen molar-refractivity contribution in [3.63, 3.8) is 0 Å². The Hall–Kier alpha value is -2.35. The molecule has 9 heteroatoms. The Kier molecular flexibility index (Phi) is 7.12. The maximum absolute atomic E-state index is 12.7. The van der Waals surface area contributed by atoms with Gasteiger partial charge in [-0.2, -0.15) is 13.2 Å². The lowest BCUT2D eigenvalue weighted by atomic mass is 10.0. The summed E-state index contributed by atoms with van der Waals surface area (Å²) in [5, 5.41) is 0.532. The predicted molar refractivity (Wildman–Crippen MR) is 129 cm³/mol. The molecule has 0 saturated carbocycles. The van der Waals surface area contributed by atoms with Crippen LogP contribution in [0, 0.1) is 0 Å². The minimum absolute atomic E-state index is 0.0405. The van der Waals surface area contributed by atoms with Gasteiger partial charge in [0.15, 0.2) is 6.61 Å². The molecule has 172 valence electrons. The fourth-order valence-electron chi connectivity index (χ4n) is 3.48. The molecule has 4 aromatic rings. The summed E-state index contributed by atoms with van der Waals surface area (Å²) in [6.45, 7) is 0.695. The molecule has 0 aliphatic heterocycles. The average molecular weight is 511 g/mol. The standard InChI is InChI=1S/C24H19Cl2F3N2OS/c1-2-33-15-9-7-14(8-10-15)11-20-30-18-12-17(25)21(22(26)23(18)31-20)16-5-3-4-6-19(16)32-13-24(27,28)29/h3-10,12H,2,11,13H2,1H3,(H,30,31). The maximum Gasteiger partial charge on any atom is 0.422 e. The minimum atomic E-state index is -4.46. The van der Waals surface area contributed by atoms with E-state index in [1.54, 1.807) is 36.0 Å². The van der Waals surface area contributed by atoms with Crippen LogP contribution in [0.3, 0.4) is 0 Å². The van der Waals surface area contributed by atoms with E-state index in [1.807, 2.05) is 0 Å². The Morgan fingerprint density at radius 3 is 2.48 bits per heavy atom. The summed E-state index contributed by atoms with van der Waals surface area (Å²) in [4.78, 5) is 9.08. The second-order valence-corrected chi connectivity index (χ2v) is 9.40. The lowest BCUT2D eigenvalue weighted by Gasteiger charge is -2.15. The minimum Gasteiger partial charge on any atom is -0.483 e. The van der Waals surface area contributed by atoms with Crippen molar-refractivity contribution >= 4 is 46.0 Å². The van der Waals surface area contributed by atoms with E-state index in [0.717, 1.165) is 11.3 Å². The van der Waals surface area contributed by atoms with E-state index in [-0.39, 0.29) is 15.8 Å². The predicted octanol–water partition coefficient (Wildman–Crippen LogP) is 8.18. The molecule has 33 heavy (non-hydrogen) atoms. The van der Waals surface area contributed by atoms with Crippen molar-refractivity contribution in [3.8, 4) is 16.9 Å². The molecule has 0 saturated heterocycles. The van der Waals surface area contributed by atoms with Crippen molar-refractivity contribution in [2.75, 3.05) is 12.4 Å². The first-order valence-electron chi connectivity index (χ1n) is 10.1. The first kappa shape index (κ1) is 23.8. The maximum atomic E-state index is 12.7. The quantitative estimate of drug-likeness (QED) is 0.254. The van der Waals surface area contributed by atoms with E-state index in [0.29, 0.717) is 34.4 Å². The molecule has 4 rings (SSSR count). The zero-order chi connectivity index (χ0) is 23.6. The molecule has 0 fully saturated rings. The molecule has 0 aliphatic rings. The number of nitrogens with zero attached hydrogens (tertiary/aromatic N) is 1. The van der Waals surface area contributed by atoms with Crippen molar-refractivity contribution in [1.82, 2.24) is 9.97 Å². The van der Waals surface area contributed by atoms with Gasteiger partial charge in [-0.3, -0.25) is 0 Å². The van der Waals surface area contributed by atoms with Crippen molar-refractivity contribution in [1.29, 1.82) is 0 Å². The topological polar surface area (TPSA) is 37.9 Å². The molecule has 0 spiro atoms. The number of fused-ring (bicyclic) bond motifs is 1. The number of aromatic amines is 1. The van der Waals surface area contributed by atoms with Gasteiger partial charge in [-0.1, -0.05) is 60.5 Å². The molecule has 0 aliphatic carbocycles. The number of rotatable bonds is 7. The SMILES string of the molecule is CCSc1ccc(Cc2nc3c(Cl)c(-c4ccccc4OCC(F)(F)F)c(Cl)cc3[nH]2)cc1. The van der Waals surface area contributed by atoms with Gasteiger partial charge in [0.1, 0.15) is 17.1 Å². The zero-order valence-corrected chi connectivity index (χ0v) is 19.8. The molecule has 1 heterocycles. The van der Waals surface area contributed by atoms with Crippen LogP contribution < -0.4 is 4.74 Å². The van der Waals surface area contributed by atoms with E-state index in [4.69, 9.17) is 27.9 Å². The third-order valence-electron chi connectivity index (χ3n) is 4.87. The molecule has 3 nitrogen and oxygen atoms in total. The van der Waals surface area contributed by atoms with Gasteiger partial charge in [-0.15, -0.1) is 11.8 Å². The normalized spacial score (nSPS) is 11.8. The molecule has 0 radical (unpaired) electrons. The number of nitrogens with one attached hydrogen (secondary N) is 1. The van der Waals surface area contributed by atoms with Crippen LogP contribution in [0.5, 0.6) is 5.75 Å². The highest BCUT2D eigenvalue weighted by atomic mass is 35.5. The summed E-state index contributed by atoms with van der Waals surface area (Å²) in [7, 11) is 0. The third-order valence-corrected chi connectivity index (χ3v) is 6.43. The molecule has 0 atom stereocenters. The van der Waals surface area contributed by atoms with Gasteiger partial charge in [0.05, 0.1) is 15.6 Å². The van der Waals surface area contributed by atoms with E-state index in [1.165, 1.54) is 11.0 Å². The largest absolute Gasteiger partial charge is 0.483 e. The van der Waals surface area contributed by atoms with E-state index in [9.17, 15) is 13.2 Å². The number of halogens is 5. The molecule has 3 aromatic carbocycles. The van der Waals surface area contributed by atoms with Gasteiger partial charge in [0.2, 0.25) is 0 Å². The van der Waals surface area contributed by atoms with Crippen LogP contribution in [0.25, 0.3) is 22.2 Å². The number of hydrogen-bond donors (Lipinski definition) is 1. The molecule has 0 bridgehead atoms. The van der Waals surface area contributed by atoms with Crippen LogP contribution in [-0.4, -0.2) is 28.5 Å². The number of thioether (sulfide) groups is 1. The Morgan fingerprint density at radius 1 is 1.06 bits per heavy atom. The van der Waals surface area contributed by atoms with Crippen LogP contribution >= 0.6 is 35.0 Å². The molecule has 0 unspecified atom stereocenters. The van der Waals surface area contributed by atoms with E-state index < -0.39 is 12.8 Å². The van der Waals surface area contributed by atoms with Crippen molar-refractivity contribution < 1.29 is 17.9 Å². The fourth-order valence-corrected chi connectivity index (χ4v) is 4.85. The summed E-state index contributed by atoms with van der Waals surface area (Å²) >= 11 is 15.0. The Labute approximate surface area is 203 Å². The number of imidazole rings is 1. The van der Waals surface area contributed by atoms with Crippen LogP contribution in [0.1, 0.15) is 18.3 Å². The monoisotopic (exact) mass is 510 g/mol. The summed E-state index contributed by atoms with van der Waals surface area (Å²) in [6.07, 6.45) is -3.89. The first-order valence-corrected chi connectivity index (χ1v) is 11.9. The van der Waals surface area contributed by atoms with Crippen molar-refractivity contribution in [3.05, 3.63) is 76.0 Å². The summed E-state index contributed by atoms with van der Waals surface area (Å²) in [6, 6.07) is 16.3. The van der Waals surface area contributed by atoms with Gasteiger partial charge in [-0.05, 0) is 35.6 Å². The highest BCUT2D eigenvalue weighted by molar-refractivity contribution is 7.99. The second kappa shape index (κ2) is 9.87. The number of aromatic nitrogens is 2. The van der Waals surface area contributed by atoms with Gasteiger partial charge >= 0.3 is 6.18 Å². The van der Waals surface area contributed by atoms with Gasteiger partial charge in [0.25, 0.3) is 0 Å². The Bertz CT molecular complexity index is 1270. The van der Waals surface area contributed by atoms with Crippen LogP contribution in [0.15, 0.2) is 59.5 Å². The zero-order valence-electron chi connectivity index (χ0n) is 17.5. The lowest BCUT2D eigenvalue weighted by molar-refractivity contribution is -0.153. The van der Waals surface area contributed by atoms with Gasteiger partial charge in [0, 0.05) is 22.4 Å². The van der Waals surface area contributed by atoms with Gasteiger partial charge < -0.3 is 9.72 Å². The van der Waals surface area contributed by atoms with Gasteiger partial charge in [-0.25, -0.2) is 4.98 Å². The molecule has 0 amide bonds. The van der Waals surface area contributed by atoms with E-state index in [2.05, 4.69) is 41.2 Å². The van der Waals surface area contributed by atoms with E-state index >= 15 is 0 Å². The summed E-state index contributed by atoms with van der Waals surface area (Å²) in [5.74, 6) is 1.76. The number of ether oxygens (including phenoxy) is 1. The average Bonchev–Trinajstić information content (AvgIpc) is 3.16. The van der Waals surface area contributed by atoms with Crippen molar-refractivity contribution in [2.24, 2.45) is 0 Å². The number of para-hydroxylation sites is 1. The number of alkyl halides is 3. The smallest absolute Gasteiger partial charge is 0.422 e. The molecule has 1 N–H and O–H groups in total.